The van der Waals surface area contributed by atoms with E-state index in [2.05, 4.69) is 30.2 Å². The predicted octanol–water partition coefficient (Wildman–Crippen LogP) is 4.30. The molecule has 0 fully saturated rings. The molecule has 0 aliphatic carbocycles. The zero-order chi connectivity index (χ0) is 23.3. The van der Waals surface area contributed by atoms with Crippen LogP contribution in [0.15, 0.2) is 47.8 Å². The van der Waals surface area contributed by atoms with Crippen LogP contribution in [0.3, 0.4) is 0 Å². The Morgan fingerprint density at radius 1 is 1.09 bits per heavy atom. The molecule has 3 heterocycles. The molecule has 2 aromatic carbocycles. The molecule has 33 heavy (non-hydrogen) atoms. The third kappa shape index (κ3) is 3.46. The molecular formula is C21H13ClF3N7O. The molecule has 1 atom stereocenters. The average Bonchev–Trinajstić information content (AvgIpc) is 3.27. The maximum atomic E-state index is 14.7. The Balaban J connectivity index is 1.76. The molecule has 166 valence electrons. The molecule has 0 saturated heterocycles. The highest BCUT2D eigenvalue weighted by Gasteiger charge is 2.23. The summed E-state index contributed by atoms with van der Waals surface area (Å²) in [5.74, 6) is -2.25. The Labute approximate surface area is 188 Å². The minimum absolute atomic E-state index is 0.0583. The summed E-state index contributed by atoms with van der Waals surface area (Å²) in [6.07, 6.45) is 2.77. The smallest absolute Gasteiger partial charge is 0.267 e. The van der Waals surface area contributed by atoms with Crippen molar-refractivity contribution in [3.63, 3.8) is 0 Å². The number of imidazole rings is 1. The monoisotopic (exact) mass is 471 g/mol. The fourth-order valence-electron chi connectivity index (χ4n) is 3.55. The van der Waals surface area contributed by atoms with Gasteiger partial charge in [-0.05, 0) is 31.2 Å². The van der Waals surface area contributed by atoms with Crippen molar-refractivity contribution in [3.8, 4) is 5.69 Å². The Morgan fingerprint density at radius 2 is 1.91 bits per heavy atom. The molecule has 5 rings (SSSR count). The number of hydrogen-bond acceptors (Lipinski definition) is 6. The first-order chi connectivity index (χ1) is 15.8. The molecule has 0 aliphatic rings. The predicted molar refractivity (Wildman–Crippen MR) is 116 cm³/mol. The van der Waals surface area contributed by atoms with Crippen LogP contribution in [0.4, 0.5) is 19.0 Å². The molecule has 0 saturated carbocycles. The number of aromatic nitrogens is 6. The number of anilines is 1. The van der Waals surface area contributed by atoms with Crippen molar-refractivity contribution in [2.45, 2.75) is 13.0 Å². The van der Waals surface area contributed by atoms with Gasteiger partial charge in [-0.2, -0.15) is 0 Å². The maximum Gasteiger partial charge on any atom is 0.267 e. The second-order valence-electron chi connectivity index (χ2n) is 7.15. The SMILES string of the molecule is CC(Nc1ncnc2[nH]cnc12)c1nc2ccc(F)c(Cl)c2c(=O)n1-c1ccc(F)cc1F. The van der Waals surface area contributed by atoms with Crippen molar-refractivity contribution < 1.29 is 13.2 Å². The van der Waals surface area contributed by atoms with E-state index in [4.69, 9.17) is 11.6 Å². The van der Waals surface area contributed by atoms with Gasteiger partial charge >= 0.3 is 0 Å². The standard InChI is InChI=1S/C21H13ClF3N7O/c1-9(30-19-17-18(27-7-26-17)28-8-29-19)20-31-13-4-3-11(24)16(22)15(13)21(33)32(20)14-5-2-10(23)6-12(14)25/h2-9H,1H3,(H2,26,27,28,29,30). The van der Waals surface area contributed by atoms with Gasteiger partial charge < -0.3 is 10.3 Å². The lowest BCUT2D eigenvalue weighted by Crippen LogP contribution is -2.28. The first-order valence-corrected chi connectivity index (χ1v) is 9.99. The first-order valence-electron chi connectivity index (χ1n) is 9.62. The van der Waals surface area contributed by atoms with Crippen molar-refractivity contribution in [3.05, 3.63) is 81.6 Å². The van der Waals surface area contributed by atoms with Crippen LogP contribution in [0.2, 0.25) is 5.02 Å². The summed E-state index contributed by atoms with van der Waals surface area (Å²) < 4.78 is 43.3. The van der Waals surface area contributed by atoms with E-state index >= 15 is 0 Å². The van der Waals surface area contributed by atoms with Gasteiger partial charge in [-0.3, -0.25) is 9.36 Å². The summed E-state index contributed by atoms with van der Waals surface area (Å²) >= 11 is 6.04. The number of H-pyrrole nitrogens is 1. The van der Waals surface area contributed by atoms with Crippen LogP contribution >= 0.6 is 11.6 Å². The van der Waals surface area contributed by atoms with Crippen molar-refractivity contribution in [1.82, 2.24) is 29.5 Å². The average molecular weight is 472 g/mol. The summed E-state index contributed by atoms with van der Waals surface area (Å²) in [6, 6.07) is 4.39. The number of aromatic amines is 1. The van der Waals surface area contributed by atoms with Crippen LogP contribution in [0, 0.1) is 17.5 Å². The second-order valence-corrected chi connectivity index (χ2v) is 7.53. The molecule has 12 heteroatoms. The summed E-state index contributed by atoms with van der Waals surface area (Å²) in [5, 5.41) is 2.42. The van der Waals surface area contributed by atoms with E-state index in [-0.39, 0.29) is 22.4 Å². The minimum Gasteiger partial charge on any atom is -0.358 e. The molecule has 0 bridgehead atoms. The number of hydrogen-bond donors (Lipinski definition) is 2. The lowest BCUT2D eigenvalue weighted by molar-refractivity contribution is 0.572. The van der Waals surface area contributed by atoms with Crippen LogP contribution in [-0.2, 0) is 0 Å². The molecule has 0 radical (unpaired) electrons. The highest BCUT2D eigenvalue weighted by molar-refractivity contribution is 6.35. The van der Waals surface area contributed by atoms with E-state index in [1.807, 2.05) is 0 Å². The van der Waals surface area contributed by atoms with Gasteiger partial charge in [-0.1, -0.05) is 11.6 Å². The van der Waals surface area contributed by atoms with Crippen LogP contribution in [0.5, 0.6) is 0 Å². The number of nitrogens with one attached hydrogen (secondary N) is 2. The molecule has 0 spiro atoms. The third-order valence-corrected chi connectivity index (χ3v) is 5.43. The fraction of sp³-hybridized carbons (Fsp3) is 0.0952. The van der Waals surface area contributed by atoms with E-state index in [0.717, 1.165) is 22.8 Å². The number of rotatable bonds is 4. The molecule has 3 aromatic heterocycles. The number of halogens is 4. The molecule has 1 unspecified atom stereocenters. The Bertz CT molecular complexity index is 1600. The summed E-state index contributed by atoms with van der Waals surface area (Å²) in [7, 11) is 0. The third-order valence-electron chi connectivity index (χ3n) is 5.06. The second kappa shape index (κ2) is 7.85. The summed E-state index contributed by atoms with van der Waals surface area (Å²) in [4.78, 5) is 33.1. The maximum absolute atomic E-state index is 14.7. The van der Waals surface area contributed by atoms with Gasteiger partial charge in [-0.15, -0.1) is 0 Å². The normalized spacial score (nSPS) is 12.4. The summed E-state index contributed by atoms with van der Waals surface area (Å²) in [5.41, 5.74) is -0.0485. The van der Waals surface area contributed by atoms with Crippen molar-refractivity contribution >= 4 is 39.5 Å². The Hall–Kier alpha value is -3.99. The minimum atomic E-state index is -1.00. The number of benzene rings is 2. The molecule has 8 nitrogen and oxygen atoms in total. The lowest BCUT2D eigenvalue weighted by Gasteiger charge is -2.20. The zero-order valence-corrected chi connectivity index (χ0v) is 17.5. The van der Waals surface area contributed by atoms with E-state index in [1.165, 1.54) is 18.7 Å². The van der Waals surface area contributed by atoms with Crippen LogP contribution < -0.4 is 10.9 Å². The molecule has 5 aromatic rings. The lowest BCUT2D eigenvalue weighted by atomic mass is 10.2. The highest BCUT2D eigenvalue weighted by atomic mass is 35.5. The summed E-state index contributed by atoms with van der Waals surface area (Å²) in [6.45, 7) is 1.66. The van der Waals surface area contributed by atoms with Gasteiger partial charge in [0, 0.05) is 6.07 Å². The van der Waals surface area contributed by atoms with Gasteiger partial charge in [0.1, 0.15) is 35.1 Å². The number of nitrogens with zero attached hydrogens (tertiary/aromatic N) is 5. The molecular weight excluding hydrogens is 459 g/mol. The molecule has 2 N–H and O–H groups in total. The van der Waals surface area contributed by atoms with Gasteiger partial charge in [0.2, 0.25) is 0 Å². The van der Waals surface area contributed by atoms with Gasteiger partial charge in [0.25, 0.3) is 5.56 Å². The quantitative estimate of drug-likeness (QED) is 0.405. The van der Waals surface area contributed by atoms with Gasteiger partial charge in [0.15, 0.2) is 11.5 Å². The van der Waals surface area contributed by atoms with Crippen molar-refractivity contribution in [2.75, 3.05) is 5.32 Å². The zero-order valence-electron chi connectivity index (χ0n) is 16.8. The van der Waals surface area contributed by atoms with Gasteiger partial charge in [-0.25, -0.2) is 33.1 Å². The van der Waals surface area contributed by atoms with Crippen LogP contribution in [0.1, 0.15) is 18.8 Å². The number of fused-ring (bicyclic) bond motifs is 2. The Morgan fingerprint density at radius 3 is 2.70 bits per heavy atom. The van der Waals surface area contributed by atoms with Crippen molar-refractivity contribution in [2.24, 2.45) is 0 Å². The molecule has 0 amide bonds. The topological polar surface area (TPSA) is 101 Å². The fourth-order valence-corrected chi connectivity index (χ4v) is 3.79. The van der Waals surface area contributed by atoms with Crippen LogP contribution in [-0.4, -0.2) is 29.5 Å². The highest BCUT2D eigenvalue weighted by Crippen LogP contribution is 2.28. The van der Waals surface area contributed by atoms with E-state index < -0.39 is 34.1 Å². The Kier molecular flexibility index (Phi) is 4.97. The molecule has 0 aliphatic heterocycles. The van der Waals surface area contributed by atoms with Gasteiger partial charge in [0.05, 0.1) is 34.0 Å². The van der Waals surface area contributed by atoms with Crippen LogP contribution in [0.25, 0.3) is 27.8 Å². The largest absolute Gasteiger partial charge is 0.358 e. The van der Waals surface area contributed by atoms with E-state index in [9.17, 15) is 18.0 Å². The van der Waals surface area contributed by atoms with E-state index in [0.29, 0.717) is 23.0 Å². The van der Waals surface area contributed by atoms with Crippen molar-refractivity contribution in [1.29, 1.82) is 0 Å². The van der Waals surface area contributed by atoms with E-state index in [1.54, 1.807) is 6.92 Å². The first kappa shape index (κ1) is 20.9.